The van der Waals surface area contributed by atoms with E-state index in [0.717, 1.165) is 12.8 Å². The second kappa shape index (κ2) is 6.74. The number of aliphatic carboxylic acids is 1. The summed E-state index contributed by atoms with van der Waals surface area (Å²) in [6.07, 6.45) is 1.90. The lowest BCUT2D eigenvalue weighted by atomic mass is 10.1. The molecule has 0 radical (unpaired) electrons. The molecule has 2 aliphatic heterocycles. The number of sulfone groups is 1. The molecule has 0 saturated carbocycles. The fraction of sp³-hybridized carbons (Fsp3) is 0.846. The second-order valence-electron chi connectivity index (χ2n) is 5.66. The maximum Gasteiger partial charge on any atom is 0.305 e. The van der Waals surface area contributed by atoms with E-state index in [9.17, 15) is 18.0 Å². The highest BCUT2D eigenvalue weighted by atomic mass is 32.2. The average Bonchev–Trinajstić information content (AvgIpc) is 3.02. The normalized spacial score (nSPS) is 27.6. The van der Waals surface area contributed by atoms with Crippen molar-refractivity contribution in [1.82, 2.24) is 4.90 Å². The Hall–Kier alpha value is -1.15. The number of carbonyl (C=O) groups excluding carboxylic acids is 1. The number of ether oxygens (including phenoxy) is 1. The van der Waals surface area contributed by atoms with E-state index in [4.69, 9.17) is 9.84 Å². The highest BCUT2D eigenvalue weighted by Crippen LogP contribution is 2.22. The van der Waals surface area contributed by atoms with Gasteiger partial charge in [-0.15, -0.1) is 0 Å². The van der Waals surface area contributed by atoms with Gasteiger partial charge in [0.1, 0.15) is 0 Å². The summed E-state index contributed by atoms with van der Waals surface area (Å²) in [5, 5.41) is 8.79. The van der Waals surface area contributed by atoms with Crippen molar-refractivity contribution < 1.29 is 27.9 Å². The number of hydrogen-bond donors (Lipinski definition) is 1. The fourth-order valence-corrected chi connectivity index (χ4v) is 4.54. The van der Waals surface area contributed by atoms with Crippen molar-refractivity contribution in [1.29, 1.82) is 0 Å². The van der Waals surface area contributed by atoms with Gasteiger partial charge in [-0.2, -0.15) is 0 Å². The Morgan fingerprint density at radius 3 is 2.57 bits per heavy atom. The molecule has 1 amide bonds. The van der Waals surface area contributed by atoms with Crippen LogP contribution in [0, 0.1) is 5.92 Å². The van der Waals surface area contributed by atoms with Crippen LogP contribution in [0.4, 0.5) is 0 Å². The van der Waals surface area contributed by atoms with Crippen LogP contribution in [0.25, 0.3) is 0 Å². The Labute approximate surface area is 124 Å². The lowest BCUT2D eigenvalue weighted by molar-refractivity contribution is -0.140. The summed E-state index contributed by atoms with van der Waals surface area (Å²) in [5.74, 6) is -1.85. The zero-order valence-electron chi connectivity index (χ0n) is 11.9. The zero-order chi connectivity index (χ0) is 15.5. The standard InChI is InChI=1S/C13H21NO6S/c15-12(16)3-5-14(8-11-2-1-6-20-11)13(17)10-4-7-21(18,19)9-10/h10-11H,1-9H2,(H,15,16). The third-order valence-corrected chi connectivity index (χ3v) is 5.70. The molecule has 0 spiro atoms. The average molecular weight is 319 g/mol. The molecule has 7 nitrogen and oxygen atoms in total. The molecule has 21 heavy (non-hydrogen) atoms. The van der Waals surface area contributed by atoms with Crippen LogP contribution in [-0.2, 0) is 24.2 Å². The zero-order valence-corrected chi connectivity index (χ0v) is 12.7. The molecular weight excluding hydrogens is 298 g/mol. The fourth-order valence-electron chi connectivity index (χ4n) is 2.80. The number of carbonyl (C=O) groups is 2. The van der Waals surface area contributed by atoms with Crippen LogP contribution < -0.4 is 0 Å². The summed E-state index contributed by atoms with van der Waals surface area (Å²) in [6, 6.07) is 0. The van der Waals surface area contributed by atoms with Gasteiger partial charge in [-0.05, 0) is 19.3 Å². The molecule has 0 bridgehead atoms. The second-order valence-corrected chi connectivity index (χ2v) is 7.89. The predicted octanol–water partition coefficient (Wildman–Crippen LogP) is -0.0966. The smallest absolute Gasteiger partial charge is 0.305 e. The Morgan fingerprint density at radius 1 is 1.29 bits per heavy atom. The molecule has 0 aromatic rings. The number of amides is 1. The number of carboxylic acid groups (broad SMARTS) is 1. The molecule has 2 fully saturated rings. The van der Waals surface area contributed by atoms with Crippen molar-refractivity contribution in [3.8, 4) is 0 Å². The molecule has 0 aromatic heterocycles. The van der Waals surface area contributed by atoms with Gasteiger partial charge in [0, 0.05) is 19.7 Å². The molecule has 2 unspecified atom stereocenters. The van der Waals surface area contributed by atoms with E-state index in [-0.39, 0.29) is 36.5 Å². The first-order valence-corrected chi connectivity index (χ1v) is 9.02. The van der Waals surface area contributed by atoms with Crippen LogP contribution in [0.3, 0.4) is 0 Å². The van der Waals surface area contributed by atoms with Crippen molar-refractivity contribution in [3.63, 3.8) is 0 Å². The molecule has 8 heteroatoms. The van der Waals surface area contributed by atoms with E-state index in [2.05, 4.69) is 0 Å². The maximum absolute atomic E-state index is 12.4. The summed E-state index contributed by atoms with van der Waals surface area (Å²) >= 11 is 0. The topological polar surface area (TPSA) is 101 Å². The van der Waals surface area contributed by atoms with Gasteiger partial charge in [0.05, 0.1) is 29.9 Å². The monoisotopic (exact) mass is 319 g/mol. The SMILES string of the molecule is O=C(O)CCN(CC1CCCO1)C(=O)C1CCS(=O)(=O)C1. The lowest BCUT2D eigenvalue weighted by Crippen LogP contribution is -2.42. The summed E-state index contributed by atoms with van der Waals surface area (Å²) in [6.45, 7) is 1.11. The van der Waals surface area contributed by atoms with E-state index in [0.29, 0.717) is 19.6 Å². The van der Waals surface area contributed by atoms with Crippen LogP contribution in [0.5, 0.6) is 0 Å². The van der Waals surface area contributed by atoms with Gasteiger partial charge in [0.2, 0.25) is 5.91 Å². The minimum absolute atomic E-state index is 0.0378. The first kappa shape index (κ1) is 16.2. The Morgan fingerprint density at radius 2 is 2.05 bits per heavy atom. The van der Waals surface area contributed by atoms with E-state index in [1.54, 1.807) is 0 Å². The van der Waals surface area contributed by atoms with Gasteiger partial charge in [-0.1, -0.05) is 0 Å². The van der Waals surface area contributed by atoms with Crippen LogP contribution in [0.1, 0.15) is 25.7 Å². The van der Waals surface area contributed by atoms with Gasteiger partial charge < -0.3 is 14.7 Å². The number of carboxylic acids is 1. The van der Waals surface area contributed by atoms with Gasteiger partial charge in [-0.3, -0.25) is 9.59 Å². The number of hydrogen-bond acceptors (Lipinski definition) is 5. The molecule has 2 rings (SSSR count). The third kappa shape index (κ3) is 4.67. The van der Waals surface area contributed by atoms with Gasteiger partial charge in [0.25, 0.3) is 0 Å². The predicted molar refractivity (Wildman–Crippen MR) is 74.6 cm³/mol. The van der Waals surface area contributed by atoms with Crippen molar-refractivity contribution in [2.45, 2.75) is 31.8 Å². The van der Waals surface area contributed by atoms with Crippen LogP contribution >= 0.6 is 0 Å². The van der Waals surface area contributed by atoms with Crippen LogP contribution in [-0.4, -0.2) is 67.6 Å². The maximum atomic E-state index is 12.4. The molecule has 2 saturated heterocycles. The van der Waals surface area contributed by atoms with Crippen molar-refractivity contribution in [3.05, 3.63) is 0 Å². The Balaban J connectivity index is 1.98. The molecule has 2 heterocycles. The first-order valence-electron chi connectivity index (χ1n) is 7.20. The molecule has 120 valence electrons. The van der Waals surface area contributed by atoms with Crippen molar-refractivity contribution in [2.24, 2.45) is 5.92 Å². The van der Waals surface area contributed by atoms with E-state index < -0.39 is 21.7 Å². The summed E-state index contributed by atoms with van der Waals surface area (Å²) in [7, 11) is -3.13. The third-order valence-electron chi connectivity index (χ3n) is 3.94. The van der Waals surface area contributed by atoms with Gasteiger partial charge in [0.15, 0.2) is 9.84 Å². The molecule has 1 N–H and O–H groups in total. The van der Waals surface area contributed by atoms with Crippen LogP contribution in [0.2, 0.25) is 0 Å². The van der Waals surface area contributed by atoms with E-state index in [1.165, 1.54) is 4.90 Å². The Kier molecular flexibility index (Phi) is 5.21. The highest BCUT2D eigenvalue weighted by molar-refractivity contribution is 7.91. The molecule has 2 aliphatic rings. The quantitative estimate of drug-likeness (QED) is 0.734. The Bertz CT molecular complexity index is 497. The van der Waals surface area contributed by atoms with E-state index >= 15 is 0 Å². The molecular formula is C13H21NO6S. The number of nitrogens with zero attached hydrogens (tertiary/aromatic N) is 1. The van der Waals surface area contributed by atoms with Crippen molar-refractivity contribution in [2.75, 3.05) is 31.2 Å². The summed E-state index contributed by atoms with van der Waals surface area (Å²) < 4.78 is 28.5. The van der Waals surface area contributed by atoms with Gasteiger partial charge in [-0.25, -0.2) is 8.42 Å². The van der Waals surface area contributed by atoms with Crippen molar-refractivity contribution >= 4 is 21.7 Å². The van der Waals surface area contributed by atoms with Gasteiger partial charge >= 0.3 is 5.97 Å². The molecule has 0 aromatic carbocycles. The summed E-state index contributed by atoms with van der Waals surface area (Å²) in [4.78, 5) is 24.6. The summed E-state index contributed by atoms with van der Waals surface area (Å²) in [5.41, 5.74) is 0. The largest absolute Gasteiger partial charge is 0.481 e. The van der Waals surface area contributed by atoms with Crippen LogP contribution in [0.15, 0.2) is 0 Å². The lowest BCUT2D eigenvalue weighted by Gasteiger charge is -2.27. The van der Waals surface area contributed by atoms with E-state index in [1.807, 2.05) is 0 Å². The minimum Gasteiger partial charge on any atom is -0.481 e. The highest BCUT2D eigenvalue weighted by Gasteiger charge is 2.36. The minimum atomic E-state index is -3.13. The molecule has 2 atom stereocenters. The number of rotatable bonds is 6. The molecule has 0 aliphatic carbocycles. The first-order chi connectivity index (χ1) is 9.87.